The Morgan fingerprint density at radius 3 is 2.61 bits per heavy atom. The highest BCUT2D eigenvalue weighted by Crippen LogP contribution is 2.15. The molecule has 2 aromatic rings. The summed E-state index contributed by atoms with van der Waals surface area (Å²) in [6.07, 6.45) is 4.76. The van der Waals surface area contributed by atoms with Crippen molar-refractivity contribution < 1.29 is 9.26 Å². The van der Waals surface area contributed by atoms with Crippen molar-refractivity contribution in [3.63, 3.8) is 0 Å². The average Bonchev–Trinajstić information content (AvgIpc) is 3.14. The van der Waals surface area contributed by atoms with E-state index in [-0.39, 0.29) is 0 Å². The Morgan fingerprint density at radius 2 is 1.89 bits per heavy atom. The Bertz CT molecular complexity index is 676. The normalized spacial score (nSPS) is 11.6. The molecule has 0 atom stereocenters. The molecule has 2 rings (SSSR count). The quantitative estimate of drug-likeness (QED) is 0.332. The first-order chi connectivity index (χ1) is 13.8. The van der Waals surface area contributed by atoms with Gasteiger partial charge in [-0.3, -0.25) is 4.99 Å². The van der Waals surface area contributed by atoms with Crippen LogP contribution in [-0.4, -0.2) is 37.9 Å². The molecule has 0 spiro atoms. The largest absolute Gasteiger partial charge is 0.381 e. The molecule has 1 heterocycles. The highest BCUT2D eigenvalue weighted by molar-refractivity contribution is 5.79. The fraction of sp³-hybridized carbons (Fsp3) is 0.545. The number of hydrogen-bond donors (Lipinski definition) is 2. The summed E-state index contributed by atoms with van der Waals surface area (Å²) in [5, 5.41) is 10.9. The second-order valence-electron chi connectivity index (χ2n) is 6.65. The van der Waals surface area contributed by atoms with E-state index in [1.54, 1.807) is 7.05 Å². The summed E-state index contributed by atoms with van der Waals surface area (Å²) in [6, 6.07) is 10.4. The second-order valence-corrected chi connectivity index (χ2v) is 6.65. The van der Waals surface area contributed by atoms with Crippen LogP contribution in [0.2, 0.25) is 0 Å². The molecule has 28 heavy (non-hydrogen) atoms. The van der Waals surface area contributed by atoms with E-state index in [1.165, 1.54) is 5.56 Å². The lowest BCUT2D eigenvalue weighted by atomic mass is 10.1. The molecule has 0 aliphatic heterocycles. The van der Waals surface area contributed by atoms with E-state index < -0.39 is 0 Å². The zero-order chi connectivity index (χ0) is 20.0. The summed E-state index contributed by atoms with van der Waals surface area (Å²) < 4.78 is 11.1. The molecule has 0 radical (unpaired) electrons. The van der Waals surface area contributed by atoms with Crippen molar-refractivity contribution in [3.05, 3.63) is 52.9 Å². The highest BCUT2D eigenvalue weighted by atomic mass is 16.5. The number of aryl methyl sites for hydroxylation is 2. The Labute approximate surface area is 168 Å². The number of aromatic nitrogens is 1. The summed E-state index contributed by atoms with van der Waals surface area (Å²) >= 11 is 0. The van der Waals surface area contributed by atoms with Gasteiger partial charge in [-0.25, -0.2) is 0 Å². The van der Waals surface area contributed by atoms with Crippen molar-refractivity contribution in [1.29, 1.82) is 0 Å². The van der Waals surface area contributed by atoms with Crippen LogP contribution in [-0.2, 0) is 30.5 Å². The van der Waals surface area contributed by atoms with Gasteiger partial charge in [0.25, 0.3) is 0 Å². The van der Waals surface area contributed by atoms with E-state index in [9.17, 15) is 0 Å². The van der Waals surface area contributed by atoms with E-state index in [2.05, 4.69) is 58.9 Å². The van der Waals surface area contributed by atoms with Gasteiger partial charge in [0.15, 0.2) is 5.96 Å². The number of rotatable bonds is 12. The van der Waals surface area contributed by atoms with Gasteiger partial charge in [-0.2, -0.15) is 0 Å². The maximum absolute atomic E-state index is 5.73. The Morgan fingerprint density at radius 1 is 1.07 bits per heavy atom. The summed E-state index contributed by atoms with van der Waals surface area (Å²) in [5.74, 6) is 1.75. The standard InChI is InChI=1S/C22H34N4O2/c1-4-20-19(21(5-2)28-26-20)17-25-22(23-3)24-14-9-10-15-27-16-13-18-11-7-6-8-12-18/h6-8,11-12H,4-5,9-10,13-17H2,1-3H3,(H2,23,24,25). The summed E-state index contributed by atoms with van der Waals surface area (Å²) in [4.78, 5) is 4.29. The molecule has 0 bridgehead atoms. The van der Waals surface area contributed by atoms with Gasteiger partial charge in [0.05, 0.1) is 12.3 Å². The van der Waals surface area contributed by atoms with Gasteiger partial charge in [0, 0.05) is 38.7 Å². The number of ether oxygens (including phenoxy) is 1. The number of hydrogen-bond acceptors (Lipinski definition) is 4. The molecule has 0 aliphatic carbocycles. The Kier molecular flexibility index (Phi) is 10.1. The maximum atomic E-state index is 5.73. The SMILES string of the molecule is CCc1noc(CC)c1CNC(=NC)NCCCCOCCc1ccccc1. The van der Waals surface area contributed by atoms with Crippen LogP contribution in [0.5, 0.6) is 0 Å². The van der Waals surface area contributed by atoms with Gasteiger partial charge >= 0.3 is 0 Å². The molecule has 1 aromatic carbocycles. The van der Waals surface area contributed by atoms with Crippen molar-refractivity contribution >= 4 is 5.96 Å². The molecule has 0 unspecified atom stereocenters. The first kappa shape index (κ1) is 22.0. The van der Waals surface area contributed by atoms with Crippen molar-refractivity contribution in [2.75, 3.05) is 26.8 Å². The van der Waals surface area contributed by atoms with Crippen molar-refractivity contribution in [2.45, 2.75) is 52.5 Å². The zero-order valence-corrected chi connectivity index (χ0v) is 17.5. The minimum absolute atomic E-state index is 0.679. The van der Waals surface area contributed by atoms with Crippen molar-refractivity contribution in [1.82, 2.24) is 15.8 Å². The van der Waals surface area contributed by atoms with E-state index in [1.807, 2.05) is 6.07 Å². The minimum atomic E-state index is 0.679. The molecule has 2 N–H and O–H groups in total. The van der Waals surface area contributed by atoms with Gasteiger partial charge in [-0.1, -0.05) is 49.3 Å². The third kappa shape index (κ3) is 7.35. The van der Waals surface area contributed by atoms with E-state index in [0.717, 1.165) is 74.8 Å². The van der Waals surface area contributed by atoms with Crippen LogP contribution in [0.15, 0.2) is 39.8 Å². The lowest BCUT2D eigenvalue weighted by molar-refractivity contribution is 0.133. The molecular formula is C22H34N4O2. The van der Waals surface area contributed by atoms with Gasteiger partial charge in [-0.05, 0) is 31.2 Å². The molecule has 0 fully saturated rings. The van der Waals surface area contributed by atoms with Crippen LogP contribution in [0.4, 0.5) is 0 Å². The molecule has 0 amide bonds. The highest BCUT2D eigenvalue weighted by Gasteiger charge is 2.13. The van der Waals surface area contributed by atoms with E-state index in [0.29, 0.717) is 6.54 Å². The molecule has 154 valence electrons. The number of guanidine groups is 1. The zero-order valence-electron chi connectivity index (χ0n) is 17.5. The Balaban J connectivity index is 1.57. The minimum Gasteiger partial charge on any atom is -0.381 e. The molecular weight excluding hydrogens is 352 g/mol. The third-order valence-corrected chi connectivity index (χ3v) is 4.65. The van der Waals surface area contributed by atoms with Gasteiger partial charge < -0.3 is 19.9 Å². The van der Waals surface area contributed by atoms with Crippen LogP contribution in [0.25, 0.3) is 0 Å². The fourth-order valence-corrected chi connectivity index (χ4v) is 3.00. The third-order valence-electron chi connectivity index (χ3n) is 4.65. The average molecular weight is 387 g/mol. The first-order valence-electron chi connectivity index (χ1n) is 10.3. The monoisotopic (exact) mass is 386 g/mol. The number of nitrogens with one attached hydrogen (secondary N) is 2. The number of aliphatic imine (C=N–C) groups is 1. The Hall–Kier alpha value is -2.34. The van der Waals surface area contributed by atoms with Crippen LogP contribution >= 0.6 is 0 Å². The fourth-order valence-electron chi connectivity index (χ4n) is 3.00. The van der Waals surface area contributed by atoms with Crippen molar-refractivity contribution in [3.8, 4) is 0 Å². The number of benzene rings is 1. The topological polar surface area (TPSA) is 71.7 Å². The summed E-state index contributed by atoms with van der Waals surface area (Å²) in [5.41, 5.74) is 3.50. The second kappa shape index (κ2) is 12.9. The van der Waals surface area contributed by atoms with E-state index >= 15 is 0 Å². The molecule has 1 aromatic heterocycles. The lowest BCUT2D eigenvalue weighted by Crippen LogP contribution is -2.37. The molecule has 6 heteroatoms. The smallest absolute Gasteiger partial charge is 0.191 e. The summed E-state index contributed by atoms with van der Waals surface area (Å²) in [7, 11) is 1.79. The van der Waals surface area contributed by atoms with Crippen molar-refractivity contribution in [2.24, 2.45) is 4.99 Å². The molecule has 6 nitrogen and oxygen atoms in total. The summed E-state index contributed by atoms with van der Waals surface area (Å²) in [6.45, 7) is 7.29. The van der Waals surface area contributed by atoms with Crippen LogP contribution < -0.4 is 10.6 Å². The first-order valence-corrected chi connectivity index (χ1v) is 10.3. The van der Waals surface area contributed by atoms with Gasteiger partial charge in [0.2, 0.25) is 0 Å². The number of unbranched alkanes of at least 4 members (excludes halogenated alkanes) is 1. The van der Waals surface area contributed by atoms with Crippen LogP contribution in [0.1, 0.15) is 49.3 Å². The predicted octanol–water partition coefficient (Wildman–Crippen LogP) is 3.50. The van der Waals surface area contributed by atoms with Gasteiger partial charge in [0.1, 0.15) is 5.76 Å². The molecule has 0 saturated heterocycles. The lowest BCUT2D eigenvalue weighted by Gasteiger charge is -2.12. The molecule has 0 aliphatic rings. The molecule has 0 saturated carbocycles. The van der Waals surface area contributed by atoms with E-state index in [4.69, 9.17) is 9.26 Å². The van der Waals surface area contributed by atoms with Gasteiger partial charge in [-0.15, -0.1) is 0 Å². The van der Waals surface area contributed by atoms with Crippen LogP contribution in [0, 0.1) is 0 Å². The predicted molar refractivity (Wildman–Crippen MR) is 114 cm³/mol. The maximum Gasteiger partial charge on any atom is 0.191 e. The van der Waals surface area contributed by atoms with Crippen LogP contribution in [0.3, 0.4) is 0 Å². The number of nitrogens with zero attached hydrogens (tertiary/aromatic N) is 2.